The molecule has 0 radical (unpaired) electrons. The summed E-state index contributed by atoms with van der Waals surface area (Å²) >= 11 is 0. The Kier molecular flexibility index (Phi) is 6.45. The van der Waals surface area contributed by atoms with Gasteiger partial charge in [-0.3, -0.25) is 0 Å². The van der Waals surface area contributed by atoms with Gasteiger partial charge in [0.15, 0.2) is 0 Å². The summed E-state index contributed by atoms with van der Waals surface area (Å²) in [5.74, 6) is 1.62. The van der Waals surface area contributed by atoms with Gasteiger partial charge < -0.3 is 19.9 Å². The SMILES string of the molecule is CC[C@H](C)Nc1ncc2c(OC3CCOCC3)ncc([C@H]3CC[C@H](O)CC3)c2n1. The largest absolute Gasteiger partial charge is 0.474 e. The summed E-state index contributed by atoms with van der Waals surface area (Å²) < 4.78 is 11.7. The first-order chi connectivity index (χ1) is 14.1. The Balaban J connectivity index is 1.69. The molecule has 158 valence electrons. The molecule has 0 unspecified atom stereocenters. The Hall–Kier alpha value is -1.99. The Bertz CT molecular complexity index is 817. The number of aliphatic hydroxyl groups excluding tert-OH is 1. The van der Waals surface area contributed by atoms with E-state index in [1.807, 2.05) is 12.4 Å². The highest BCUT2D eigenvalue weighted by molar-refractivity contribution is 5.86. The van der Waals surface area contributed by atoms with Crippen LogP contribution in [-0.4, -0.2) is 51.5 Å². The predicted octanol–water partition coefficient (Wildman–Crippen LogP) is 3.81. The maximum absolute atomic E-state index is 9.90. The van der Waals surface area contributed by atoms with Crippen molar-refractivity contribution in [3.05, 3.63) is 18.0 Å². The molecule has 2 aliphatic rings. The molecule has 7 nitrogen and oxygen atoms in total. The third-order valence-electron chi connectivity index (χ3n) is 6.18. The lowest BCUT2D eigenvalue weighted by atomic mass is 9.83. The van der Waals surface area contributed by atoms with Gasteiger partial charge in [0, 0.05) is 36.8 Å². The first-order valence-corrected chi connectivity index (χ1v) is 11.0. The number of hydrogen-bond donors (Lipinski definition) is 2. The molecule has 2 aromatic rings. The van der Waals surface area contributed by atoms with E-state index in [1.165, 1.54) is 0 Å². The molecule has 0 spiro atoms. The quantitative estimate of drug-likeness (QED) is 0.762. The number of ether oxygens (including phenoxy) is 2. The molecule has 0 amide bonds. The van der Waals surface area contributed by atoms with Crippen LogP contribution in [0.15, 0.2) is 12.4 Å². The normalized spacial score (nSPS) is 24.4. The Morgan fingerprint density at radius 2 is 1.90 bits per heavy atom. The fourth-order valence-electron chi connectivity index (χ4n) is 4.14. The van der Waals surface area contributed by atoms with Gasteiger partial charge in [-0.05, 0) is 44.9 Å². The van der Waals surface area contributed by atoms with Gasteiger partial charge in [0.05, 0.1) is 30.2 Å². The van der Waals surface area contributed by atoms with Gasteiger partial charge in [0.2, 0.25) is 11.8 Å². The molecule has 3 heterocycles. The van der Waals surface area contributed by atoms with Crippen molar-refractivity contribution in [2.24, 2.45) is 0 Å². The molecule has 0 bridgehead atoms. The standard InChI is InChI=1S/C22H32N4O3/c1-3-14(2)25-22-24-13-19-20(26-22)18(15-4-6-16(27)7-5-15)12-23-21(19)29-17-8-10-28-11-9-17/h12-17,27H,3-11H2,1-2H3,(H,24,25,26)/t14-,15-,16-/m0/s1. The van der Waals surface area contributed by atoms with Crippen molar-refractivity contribution in [3.8, 4) is 5.88 Å². The summed E-state index contributed by atoms with van der Waals surface area (Å²) in [5, 5.41) is 14.2. The second-order valence-corrected chi connectivity index (χ2v) is 8.36. The molecule has 29 heavy (non-hydrogen) atoms. The van der Waals surface area contributed by atoms with Crippen LogP contribution in [0.2, 0.25) is 0 Å². The van der Waals surface area contributed by atoms with Crippen LogP contribution in [0, 0.1) is 0 Å². The second kappa shape index (κ2) is 9.22. The molecule has 1 saturated heterocycles. The monoisotopic (exact) mass is 400 g/mol. The number of anilines is 1. The first kappa shape index (κ1) is 20.3. The van der Waals surface area contributed by atoms with Crippen molar-refractivity contribution in [1.82, 2.24) is 15.0 Å². The molecule has 1 saturated carbocycles. The molecule has 4 rings (SSSR count). The van der Waals surface area contributed by atoms with Crippen LogP contribution in [-0.2, 0) is 4.74 Å². The Morgan fingerprint density at radius 1 is 1.14 bits per heavy atom. The van der Waals surface area contributed by atoms with E-state index in [9.17, 15) is 5.11 Å². The molecule has 2 N–H and O–H groups in total. The summed E-state index contributed by atoms with van der Waals surface area (Å²) in [6, 6.07) is 0.306. The van der Waals surface area contributed by atoms with Gasteiger partial charge in [-0.2, -0.15) is 0 Å². The van der Waals surface area contributed by atoms with E-state index >= 15 is 0 Å². The Labute approximate surface area is 172 Å². The van der Waals surface area contributed by atoms with E-state index in [4.69, 9.17) is 14.5 Å². The third kappa shape index (κ3) is 4.78. The Morgan fingerprint density at radius 3 is 2.62 bits per heavy atom. The lowest BCUT2D eigenvalue weighted by molar-refractivity contribution is 0.0244. The number of pyridine rings is 1. The van der Waals surface area contributed by atoms with Crippen LogP contribution >= 0.6 is 0 Å². The third-order valence-corrected chi connectivity index (χ3v) is 6.18. The molecule has 2 fully saturated rings. The highest BCUT2D eigenvalue weighted by atomic mass is 16.5. The van der Waals surface area contributed by atoms with Gasteiger partial charge in [-0.25, -0.2) is 15.0 Å². The number of aromatic nitrogens is 3. The van der Waals surface area contributed by atoms with Crippen LogP contribution in [0.5, 0.6) is 5.88 Å². The van der Waals surface area contributed by atoms with Crippen molar-refractivity contribution in [2.75, 3.05) is 18.5 Å². The summed E-state index contributed by atoms with van der Waals surface area (Å²) in [5.41, 5.74) is 2.06. The minimum Gasteiger partial charge on any atom is -0.474 e. The van der Waals surface area contributed by atoms with Crippen LogP contribution in [0.3, 0.4) is 0 Å². The molecule has 7 heteroatoms. The lowest BCUT2D eigenvalue weighted by Crippen LogP contribution is -2.26. The number of nitrogens with one attached hydrogen (secondary N) is 1. The number of aliphatic hydroxyl groups is 1. The zero-order chi connectivity index (χ0) is 20.2. The summed E-state index contributed by atoms with van der Waals surface area (Å²) in [7, 11) is 0. The fourth-order valence-corrected chi connectivity index (χ4v) is 4.14. The zero-order valence-corrected chi connectivity index (χ0v) is 17.4. The highest BCUT2D eigenvalue weighted by Crippen LogP contribution is 2.38. The first-order valence-electron chi connectivity index (χ1n) is 11.0. The van der Waals surface area contributed by atoms with Gasteiger partial charge in [-0.1, -0.05) is 6.92 Å². The van der Waals surface area contributed by atoms with E-state index in [0.29, 0.717) is 23.8 Å². The van der Waals surface area contributed by atoms with E-state index in [2.05, 4.69) is 29.1 Å². The topological polar surface area (TPSA) is 89.4 Å². The summed E-state index contributed by atoms with van der Waals surface area (Å²) in [4.78, 5) is 14.1. The number of hydrogen-bond acceptors (Lipinski definition) is 7. The average Bonchev–Trinajstić information content (AvgIpc) is 2.75. The van der Waals surface area contributed by atoms with Gasteiger partial charge in [0.25, 0.3) is 0 Å². The van der Waals surface area contributed by atoms with Crippen molar-refractivity contribution in [2.45, 2.75) is 83.0 Å². The van der Waals surface area contributed by atoms with Crippen molar-refractivity contribution < 1.29 is 14.6 Å². The van der Waals surface area contributed by atoms with E-state index in [-0.39, 0.29) is 12.2 Å². The fraction of sp³-hybridized carbons (Fsp3) is 0.682. The summed E-state index contributed by atoms with van der Waals surface area (Å²) in [6.45, 7) is 5.72. The summed E-state index contributed by atoms with van der Waals surface area (Å²) in [6.07, 6.45) is 10.0. The number of nitrogens with zero attached hydrogens (tertiary/aromatic N) is 3. The van der Waals surface area contributed by atoms with Gasteiger partial charge in [0.1, 0.15) is 6.10 Å². The van der Waals surface area contributed by atoms with Crippen molar-refractivity contribution >= 4 is 16.9 Å². The van der Waals surface area contributed by atoms with E-state index in [0.717, 1.165) is 74.6 Å². The van der Waals surface area contributed by atoms with Crippen molar-refractivity contribution in [1.29, 1.82) is 0 Å². The number of fused-ring (bicyclic) bond motifs is 1. The van der Waals surface area contributed by atoms with Crippen LogP contribution in [0.25, 0.3) is 10.9 Å². The highest BCUT2D eigenvalue weighted by Gasteiger charge is 2.25. The van der Waals surface area contributed by atoms with E-state index in [1.54, 1.807) is 0 Å². The lowest BCUT2D eigenvalue weighted by Gasteiger charge is -2.27. The van der Waals surface area contributed by atoms with Crippen LogP contribution in [0.4, 0.5) is 5.95 Å². The molecule has 1 aliphatic carbocycles. The molecular weight excluding hydrogens is 368 g/mol. The molecule has 2 aromatic heterocycles. The average molecular weight is 401 g/mol. The van der Waals surface area contributed by atoms with Crippen molar-refractivity contribution in [3.63, 3.8) is 0 Å². The molecule has 1 aliphatic heterocycles. The molecule has 1 atom stereocenters. The van der Waals surface area contributed by atoms with Crippen LogP contribution in [0.1, 0.15) is 70.3 Å². The van der Waals surface area contributed by atoms with Gasteiger partial charge >= 0.3 is 0 Å². The maximum atomic E-state index is 9.90. The number of rotatable bonds is 6. The minimum atomic E-state index is -0.182. The van der Waals surface area contributed by atoms with Gasteiger partial charge in [-0.15, -0.1) is 0 Å². The zero-order valence-electron chi connectivity index (χ0n) is 17.4. The van der Waals surface area contributed by atoms with Crippen LogP contribution < -0.4 is 10.1 Å². The molecule has 0 aromatic carbocycles. The predicted molar refractivity (Wildman–Crippen MR) is 112 cm³/mol. The molecular formula is C22H32N4O3. The maximum Gasteiger partial charge on any atom is 0.224 e. The minimum absolute atomic E-state index is 0.119. The second-order valence-electron chi connectivity index (χ2n) is 8.36. The van der Waals surface area contributed by atoms with E-state index < -0.39 is 0 Å². The smallest absolute Gasteiger partial charge is 0.224 e.